The van der Waals surface area contributed by atoms with E-state index in [2.05, 4.69) is 20.5 Å². The Morgan fingerprint density at radius 2 is 1.96 bits per heavy atom. The minimum atomic E-state index is -0.0293. The Morgan fingerprint density at radius 3 is 2.75 bits per heavy atom. The summed E-state index contributed by atoms with van der Waals surface area (Å²) in [6, 6.07) is 13.4. The highest BCUT2D eigenvalue weighted by molar-refractivity contribution is 5.75. The maximum absolute atomic E-state index is 11.9. The van der Waals surface area contributed by atoms with Crippen molar-refractivity contribution in [2.75, 3.05) is 0 Å². The zero-order valence-corrected chi connectivity index (χ0v) is 13.2. The summed E-state index contributed by atoms with van der Waals surface area (Å²) < 4.78 is 5.55. The summed E-state index contributed by atoms with van der Waals surface area (Å²) in [4.78, 5) is 15.9. The van der Waals surface area contributed by atoms with Crippen LogP contribution >= 0.6 is 0 Å². The van der Waals surface area contributed by atoms with Crippen LogP contribution in [0.4, 0.5) is 0 Å². The third kappa shape index (κ3) is 4.49. The van der Waals surface area contributed by atoms with Crippen molar-refractivity contribution >= 4 is 5.91 Å². The van der Waals surface area contributed by atoms with Crippen LogP contribution in [-0.4, -0.2) is 21.1 Å². The second kappa shape index (κ2) is 8.01. The quantitative estimate of drug-likeness (QED) is 0.723. The lowest BCUT2D eigenvalue weighted by atomic mass is 10.1. The number of carbonyl (C=O) groups excluding carboxylic acids is 1. The molecule has 3 rings (SSSR count). The molecule has 0 unspecified atom stereocenters. The predicted molar refractivity (Wildman–Crippen MR) is 88.8 cm³/mol. The van der Waals surface area contributed by atoms with Crippen LogP contribution in [0.25, 0.3) is 11.5 Å². The second-order valence-electron chi connectivity index (χ2n) is 5.36. The summed E-state index contributed by atoms with van der Waals surface area (Å²) in [6.07, 6.45) is 5.62. The molecule has 0 aliphatic heterocycles. The van der Waals surface area contributed by atoms with E-state index >= 15 is 0 Å². The highest BCUT2D eigenvalue weighted by Gasteiger charge is 2.09. The first-order chi connectivity index (χ1) is 11.8. The molecule has 1 amide bonds. The number of hydrogen-bond acceptors (Lipinski definition) is 5. The molecule has 2 aromatic heterocycles. The van der Waals surface area contributed by atoms with Crippen molar-refractivity contribution in [1.29, 1.82) is 0 Å². The van der Waals surface area contributed by atoms with Crippen LogP contribution in [-0.2, 0) is 17.8 Å². The monoisotopic (exact) mass is 322 g/mol. The molecule has 6 nitrogen and oxygen atoms in total. The van der Waals surface area contributed by atoms with Gasteiger partial charge in [-0.05, 0) is 36.6 Å². The summed E-state index contributed by atoms with van der Waals surface area (Å²) in [5.74, 6) is 0.823. The summed E-state index contributed by atoms with van der Waals surface area (Å²) >= 11 is 0. The fraction of sp³-hybridized carbons (Fsp3) is 0.222. The molecule has 1 N–H and O–H groups in total. The SMILES string of the molecule is O=C(CCCc1cccnc1)NCc1nnc(-c2ccccc2)o1. The van der Waals surface area contributed by atoms with Crippen molar-refractivity contribution in [1.82, 2.24) is 20.5 Å². The van der Waals surface area contributed by atoms with Crippen LogP contribution < -0.4 is 5.32 Å². The number of amides is 1. The van der Waals surface area contributed by atoms with Gasteiger partial charge in [-0.25, -0.2) is 0 Å². The van der Waals surface area contributed by atoms with Gasteiger partial charge >= 0.3 is 0 Å². The van der Waals surface area contributed by atoms with Crippen LogP contribution in [0.5, 0.6) is 0 Å². The van der Waals surface area contributed by atoms with Gasteiger partial charge in [0.15, 0.2) is 0 Å². The van der Waals surface area contributed by atoms with Gasteiger partial charge in [0.1, 0.15) is 0 Å². The summed E-state index contributed by atoms with van der Waals surface area (Å²) in [5, 5.41) is 10.7. The highest BCUT2D eigenvalue weighted by Crippen LogP contribution is 2.16. The molecule has 0 fully saturated rings. The minimum Gasteiger partial charge on any atom is -0.419 e. The van der Waals surface area contributed by atoms with E-state index in [0.717, 1.165) is 24.0 Å². The molecule has 122 valence electrons. The number of carbonyl (C=O) groups is 1. The lowest BCUT2D eigenvalue weighted by Crippen LogP contribution is -2.22. The van der Waals surface area contributed by atoms with E-state index < -0.39 is 0 Å². The molecule has 24 heavy (non-hydrogen) atoms. The van der Waals surface area contributed by atoms with Crippen LogP contribution in [0, 0.1) is 0 Å². The molecule has 0 aliphatic rings. The number of hydrogen-bond donors (Lipinski definition) is 1. The maximum atomic E-state index is 11.9. The Kier molecular flexibility index (Phi) is 5.29. The summed E-state index contributed by atoms with van der Waals surface area (Å²) in [7, 11) is 0. The molecule has 0 atom stereocenters. The van der Waals surface area contributed by atoms with Crippen molar-refractivity contribution in [2.45, 2.75) is 25.8 Å². The van der Waals surface area contributed by atoms with Crippen LogP contribution in [0.1, 0.15) is 24.3 Å². The molecule has 2 heterocycles. The molecular weight excluding hydrogens is 304 g/mol. The van der Waals surface area contributed by atoms with E-state index in [4.69, 9.17) is 4.42 Å². The van der Waals surface area contributed by atoms with Crippen LogP contribution in [0.3, 0.4) is 0 Å². The second-order valence-corrected chi connectivity index (χ2v) is 5.36. The Morgan fingerprint density at radius 1 is 1.08 bits per heavy atom. The topological polar surface area (TPSA) is 80.9 Å². The van der Waals surface area contributed by atoms with Crippen molar-refractivity contribution in [3.63, 3.8) is 0 Å². The predicted octanol–water partition coefficient (Wildman–Crippen LogP) is 2.77. The highest BCUT2D eigenvalue weighted by atomic mass is 16.4. The number of aryl methyl sites for hydroxylation is 1. The largest absolute Gasteiger partial charge is 0.419 e. The smallest absolute Gasteiger partial charge is 0.247 e. The van der Waals surface area contributed by atoms with E-state index in [9.17, 15) is 4.79 Å². The first kappa shape index (κ1) is 15.9. The molecular formula is C18H18N4O2. The van der Waals surface area contributed by atoms with E-state index in [1.54, 1.807) is 6.20 Å². The zero-order valence-electron chi connectivity index (χ0n) is 13.2. The van der Waals surface area contributed by atoms with E-state index in [1.165, 1.54) is 0 Å². The molecule has 0 spiro atoms. The Balaban J connectivity index is 1.42. The van der Waals surface area contributed by atoms with Gasteiger partial charge in [0.25, 0.3) is 0 Å². The van der Waals surface area contributed by atoms with Gasteiger partial charge in [-0.15, -0.1) is 10.2 Å². The van der Waals surface area contributed by atoms with E-state index in [-0.39, 0.29) is 12.5 Å². The molecule has 0 saturated carbocycles. The minimum absolute atomic E-state index is 0.0293. The Labute approximate surface area is 140 Å². The van der Waals surface area contributed by atoms with Crippen molar-refractivity contribution < 1.29 is 9.21 Å². The fourth-order valence-electron chi connectivity index (χ4n) is 2.28. The molecule has 0 radical (unpaired) electrons. The molecule has 0 bridgehead atoms. The van der Waals surface area contributed by atoms with Gasteiger partial charge < -0.3 is 9.73 Å². The number of nitrogens with one attached hydrogen (secondary N) is 1. The standard InChI is InChI=1S/C18H18N4O2/c23-16(10-4-6-14-7-5-11-19-12-14)20-13-17-21-22-18(24-17)15-8-2-1-3-9-15/h1-3,5,7-9,11-12H,4,6,10,13H2,(H,20,23). The van der Waals surface area contributed by atoms with Gasteiger partial charge in [-0.2, -0.15) is 0 Å². The van der Waals surface area contributed by atoms with Crippen molar-refractivity contribution in [3.8, 4) is 11.5 Å². The number of benzene rings is 1. The number of aromatic nitrogens is 3. The first-order valence-corrected chi connectivity index (χ1v) is 7.84. The maximum Gasteiger partial charge on any atom is 0.247 e. The summed E-state index contributed by atoms with van der Waals surface area (Å²) in [5.41, 5.74) is 1.99. The molecule has 3 aromatic rings. The number of rotatable bonds is 7. The van der Waals surface area contributed by atoms with Gasteiger partial charge in [-0.3, -0.25) is 9.78 Å². The molecule has 0 aliphatic carbocycles. The third-order valence-electron chi connectivity index (χ3n) is 3.52. The van der Waals surface area contributed by atoms with Gasteiger partial charge in [0.05, 0.1) is 6.54 Å². The first-order valence-electron chi connectivity index (χ1n) is 7.84. The molecule has 6 heteroatoms. The lowest BCUT2D eigenvalue weighted by molar-refractivity contribution is -0.121. The van der Waals surface area contributed by atoms with Crippen molar-refractivity contribution in [2.24, 2.45) is 0 Å². The van der Waals surface area contributed by atoms with Gasteiger partial charge in [0, 0.05) is 24.4 Å². The number of pyridine rings is 1. The van der Waals surface area contributed by atoms with Gasteiger partial charge in [-0.1, -0.05) is 24.3 Å². The summed E-state index contributed by atoms with van der Waals surface area (Å²) in [6.45, 7) is 0.242. The zero-order chi connectivity index (χ0) is 16.6. The Hall–Kier alpha value is -3.02. The lowest BCUT2D eigenvalue weighted by Gasteiger charge is -2.02. The van der Waals surface area contributed by atoms with Gasteiger partial charge in [0.2, 0.25) is 17.7 Å². The molecule has 1 aromatic carbocycles. The van der Waals surface area contributed by atoms with Crippen LogP contribution in [0.2, 0.25) is 0 Å². The van der Waals surface area contributed by atoms with Crippen molar-refractivity contribution in [3.05, 3.63) is 66.3 Å². The molecule has 0 saturated heterocycles. The Bertz CT molecular complexity index is 772. The third-order valence-corrected chi connectivity index (χ3v) is 3.52. The van der Waals surface area contributed by atoms with E-state index in [0.29, 0.717) is 18.2 Å². The fourth-order valence-corrected chi connectivity index (χ4v) is 2.28. The normalized spacial score (nSPS) is 10.5. The van der Waals surface area contributed by atoms with E-state index in [1.807, 2.05) is 48.7 Å². The average Bonchev–Trinajstić information content (AvgIpc) is 3.11. The average molecular weight is 322 g/mol. The van der Waals surface area contributed by atoms with Crippen LogP contribution in [0.15, 0.2) is 59.3 Å². The number of nitrogens with zero attached hydrogens (tertiary/aromatic N) is 3.